The van der Waals surface area contributed by atoms with E-state index in [2.05, 4.69) is 6.58 Å². The van der Waals surface area contributed by atoms with Gasteiger partial charge in [0.15, 0.2) is 0 Å². The molecule has 0 amide bonds. The predicted molar refractivity (Wildman–Crippen MR) is 37.2 cm³/mol. The summed E-state index contributed by atoms with van der Waals surface area (Å²) in [6.07, 6.45) is 5.81. The van der Waals surface area contributed by atoms with Gasteiger partial charge in [0.2, 0.25) is 0 Å². The highest BCUT2D eigenvalue weighted by atomic mass is 16.1. The Labute approximate surface area is 55.8 Å². The maximum absolute atomic E-state index is 10.2. The molecule has 0 bridgehead atoms. The smallest absolute Gasteiger partial charge is 0.145 e. The number of carbonyl (C=O) groups is 1. The van der Waals surface area contributed by atoms with Crippen LogP contribution in [0.4, 0.5) is 0 Å². The van der Waals surface area contributed by atoms with Crippen LogP contribution in [0, 0.1) is 5.92 Å². The number of aldehydes is 1. The fourth-order valence-electron chi connectivity index (χ4n) is 1.39. The molecule has 1 nitrogen and oxygen atoms in total. The van der Waals surface area contributed by atoms with Crippen molar-refractivity contribution in [3.8, 4) is 0 Å². The third kappa shape index (κ3) is 1.41. The molecule has 1 aliphatic carbocycles. The standard InChI is InChI=1S/C8H12O/c1-7(6-9)8-4-2-3-5-8/h6,8H,1-5H2. The average molecular weight is 124 g/mol. The van der Waals surface area contributed by atoms with Gasteiger partial charge in [-0.2, -0.15) is 0 Å². The molecule has 0 saturated heterocycles. The van der Waals surface area contributed by atoms with Crippen molar-refractivity contribution in [2.45, 2.75) is 25.7 Å². The topological polar surface area (TPSA) is 17.1 Å². The van der Waals surface area contributed by atoms with E-state index in [1.807, 2.05) is 0 Å². The maximum Gasteiger partial charge on any atom is 0.145 e. The second kappa shape index (κ2) is 2.81. The Balaban J connectivity index is 2.41. The third-order valence-electron chi connectivity index (χ3n) is 2.03. The molecule has 0 aromatic rings. The lowest BCUT2D eigenvalue weighted by Crippen LogP contribution is -1.97. The summed E-state index contributed by atoms with van der Waals surface area (Å²) in [4.78, 5) is 10.2. The van der Waals surface area contributed by atoms with Gasteiger partial charge in [-0.25, -0.2) is 0 Å². The predicted octanol–water partition coefficient (Wildman–Crippen LogP) is 1.93. The summed E-state index contributed by atoms with van der Waals surface area (Å²) in [5.74, 6) is 0.516. The SMILES string of the molecule is C=C(C=O)C1CCCC1. The van der Waals surface area contributed by atoms with Gasteiger partial charge in [-0.05, 0) is 24.3 Å². The Morgan fingerprint density at radius 2 is 2.00 bits per heavy atom. The monoisotopic (exact) mass is 124 g/mol. The molecule has 0 aromatic carbocycles. The van der Waals surface area contributed by atoms with E-state index in [-0.39, 0.29) is 0 Å². The van der Waals surface area contributed by atoms with Crippen LogP contribution >= 0.6 is 0 Å². The number of rotatable bonds is 2. The zero-order chi connectivity index (χ0) is 6.69. The van der Waals surface area contributed by atoms with E-state index in [4.69, 9.17) is 0 Å². The van der Waals surface area contributed by atoms with Gasteiger partial charge in [0.1, 0.15) is 6.29 Å². The molecule has 9 heavy (non-hydrogen) atoms. The van der Waals surface area contributed by atoms with Crippen molar-refractivity contribution in [1.82, 2.24) is 0 Å². The second-order valence-electron chi connectivity index (χ2n) is 2.67. The summed E-state index contributed by atoms with van der Waals surface area (Å²) >= 11 is 0. The third-order valence-corrected chi connectivity index (χ3v) is 2.03. The van der Waals surface area contributed by atoms with Gasteiger partial charge < -0.3 is 0 Å². The summed E-state index contributed by atoms with van der Waals surface area (Å²) in [6, 6.07) is 0. The van der Waals surface area contributed by atoms with Crippen molar-refractivity contribution < 1.29 is 4.79 Å². The van der Waals surface area contributed by atoms with Crippen LogP contribution in [-0.2, 0) is 4.79 Å². The molecule has 1 saturated carbocycles. The van der Waals surface area contributed by atoms with Crippen molar-refractivity contribution in [1.29, 1.82) is 0 Å². The van der Waals surface area contributed by atoms with Crippen LogP contribution in [0.25, 0.3) is 0 Å². The quantitative estimate of drug-likeness (QED) is 0.406. The second-order valence-corrected chi connectivity index (χ2v) is 2.67. The van der Waals surface area contributed by atoms with Crippen LogP contribution in [0.2, 0.25) is 0 Å². The van der Waals surface area contributed by atoms with Gasteiger partial charge >= 0.3 is 0 Å². The number of hydrogen-bond acceptors (Lipinski definition) is 1. The molecule has 0 aromatic heterocycles. The first-order valence-electron chi connectivity index (χ1n) is 3.48. The molecule has 1 aliphatic rings. The van der Waals surface area contributed by atoms with Crippen molar-refractivity contribution in [2.75, 3.05) is 0 Å². The van der Waals surface area contributed by atoms with E-state index in [0.29, 0.717) is 5.92 Å². The fourth-order valence-corrected chi connectivity index (χ4v) is 1.39. The first-order valence-corrected chi connectivity index (χ1v) is 3.48. The van der Waals surface area contributed by atoms with Crippen molar-refractivity contribution in [2.24, 2.45) is 5.92 Å². The molecule has 50 valence electrons. The minimum atomic E-state index is 0.516. The van der Waals surface area contributed by atoms with Crippen molar-refractivity contribution in [3.63, 3.8) is 0 Å². The molecule has 1 heteroatoms. The first-order chi connectivity index (χ1) is 4.34. The average Bonchev–Trinajstić information content (AvgIpc) is 2.37. The molecule has 1 fully saturated rings. The Hall–Kier alpha value is -0.590. The van der Waals surface area contributed by atoms with Gasteiger partial charge in [-0.1, -0.05) is 19.4 Å². The van der Waals surface area contributed by atoms with E-state index in [0.717, 1.165) is 11.9 Å². The van der Waals surface area contributed by atoms with Crippen LogP contribution in [0.1, 0.15) is 25.7 Å². The molecule has 0 radical (unpaired) electrons. The summed E-state index contributed by atoms with van der Waals surface area (Å²) in [6.45, 7) is 3.69. The fraction of sp³-hybridized carbons (Fsp3) is 0.625. The number of carbonyl (C=O) groups excluding carboxylic acids is 1. The Kier molecular flexibility index (Phi) is 2.04. The minimum absolute atomic E-state index is 0.516. The summed E-state index contributed by atoms with van der Waals surface area (Å²) < 4.78 is 0. The lowest BCUT2D eigenvalue weighted by atomic mass is 10.0. The Morgan fingerprint density at radius 3 is 2.44 bits per heavy atom. The molecule has 1 rings (SSSR count). The number of hydrogen-bond donors (Lipinski definition) is 0. The Morgan fingerprint density at radius 1 is 1.44 bits per heavy atom. The van der Waals surface area contributed by atoms with Gasteiger partial charge in [-0.15, -0.1) is 0 Å². The summed E-state index contributed by atoms with van der Waals surface area (Å²) in [7, 11) is 0. The van der Waals surface area contributed by atoms with E-state index in [9.17, 15) is 4.79 Å². The van der Waals surface area contributed by atoms with Gasteiger partial charge in [-0.3, -0.25) is 4.79 Å². The van der Waals surface area contributed by atoms with Crippen LogP contribution in [0.15, 0.2) is 12.2 Å². The highest BCUT2D eigenvalue weighted by Gasteiger charge is 2.16. The molecule has 0 N–H and O–H groups in total. The lowest BCUT2D eigenvalue weighted by Gasteiger charge is -2.03. The molecule has 0 atom stereocenters. The zero-order valence-corrected chi connectivity index (χ0v) is 5.60. The first kappa shape index (κ1) is 6.53. The zero-order valence-electron chi connectivity index (χ0n) is 5.60. The summed E-state index contributed by atoms with van der Waals surface area (Å²) in [5.41, 5.74) is 0.799. The molecule has 0 unspecified atom stereocenters. The molecule has 0 spiro atoms. The van der Waals surface area contributed by atoms with E-state index >= 15 is 0 Å². The Bertz CT molecular complexity index is 121. The molecule has 0 heterocycles. The molecule has 0 aliphatic heterocycles. The molecular weight excluding hydrogens is 112 g/mol. The maximum atomic E-state index is 10.2. The van der Waals surface area contributed by atoms with E-state index in [1.54, 1.807) is 0 Å². The van der Waals surface area contributed by atoms with Crippen LogP contribution in [0.5, 0.6) is 0 Å². The van der Waals surface area contributed by atoms with Crippen LogP contribution in [0.3, 0.4) is 0 Å². The van der Waals surface area contributed by atoms with Gasteiger partial charge in [0.05, 0.1) is 0 Å². The van der Waals surface area contributed by atoms with E-state index in [1.165, 1.54) is 25.7 Å². The highest BCUT2D eigenvalue weighted by Crippen LogP contribution is 2.28. The largest absolute Gasteiger partial charge is 0.298 e. The normalized spacial score (nSPS) is 20.0. The van der Waals surface area contributed by atoms with Gasteiger partial charge in [0, 0.05) is 0 Å². The minimum Gasteiger partial charge on any atom is -0.298 e. The highest BCUT2D eigenvalue weighted by molar-refractivity contribution is 5.72. The van der Waals surface area contributed by atoms with Crippen LogP contribution in [-0.4, -0.2) is 6.29 Å². The summed E-state index contributed by atoms with van der Waals surface area (Å²) in [5, 5.41) is 0. The van der Waals surface area contributed by atoms with Crippen molar-refractivity contribution >= 4 is 6.29 Å². The van der Waals surface area contributed by atoms with E-state index < -0.39 is 0 Å². The van der Waals surface area contributed by atoms with Crippen molar-refractivity contribution in [3.05, 3.63) is 12.2 Å². The van der Waals surface area contributed by atoms with Crippen LogP contribution < -0.4 is 0 Å². The molecular formula is C8H12O. The van der Waals surface area contributed by atoms with Gasteiger partial charge in [0.25, 0.3) is 0 Å². The lowest BCUT2D eigenvalue weighted by molar-refractivity contribution is -0.105. The number of allylic oxidation sites excluding steroid dienone is 1.